The van der Waals surface area contributed by atoms with Gasteiger partial charge in [0.05, 0.1) is 33.6 Å². The minimum absolute atomic E-state index is 0.0404. The zero-order chi connectivity index (χ0) is 27.4. The standard InChI is InChI=1S/C27H23N5O6S/c1-35-22-14-19(11-10-18-8-5-4-6-9-18)15-23(36-2)25(22)39(33,34)31-26-24-21(38-30-26)16-20(29-27(24)37-3)17-32-13-7-12-28-32/h4-9,12-16H,17H2,1-3H3,(H,30,31). The minimum atomic E-state index is -4.29. The molecule has 12 heteroatoms. The van der Waals surface area contributed by atoms with Crippen molar-refractivity contribution in [3.05, 3.63) is 83.8 Å². The molecule has 1 N–H and O–H groups in total. The van der Waals surface area contributed by atoms with Crippen molar-refractivity contribution in [3.63, 3.8) is 0 Å². The molecule has 0 aliphatic carbocycles. The van der Waals surface area contributed by atoms with Gasteiger partial charge in [-0.1, -0.05) is 35.2 Å². The smallest absolute Gasteiger partial charge is 0.270 e. The van der Waals surface area contributed by atoms with Gasteiger partial charge in [0.2, 0.25) is 5.88 Å². The summed E-state index contributed by atoms with van der Waals surface area (Å²) in [5, 5.41) is 8.36. The lowest BCUT2D eigenvalue weighted by atomic mass is 10.1. The van der Waals surface area contributed by atoms with Gasteiger partial charge in [-0.25, -0.2) is 13.4 Å². The number of aromatic nitrogens is 4. The van der Waals surface area contributed by atoms with E-state index in [0.717, 1.165) is 5.56 Å². The number of nitrogens with one attached hydrogen (secondary N) is 1. The van der Waals surface area contributed by atoms with Gasteiger partial charge in [0.1, 0.15) is 16.9 Å². The summed E-state index contributed by atoms with van der Waals surface area (Å²) < 4.78 is 53.1. The predicted molar refractivity (Wildman–Crippen MR) is 142 cm³/mol. The van der Waals surface area contributed by atoms with E-state index in [1.807, 2.05) is 30.3 Å². The molecule has 39 heavy (non-hydrogen) atoms. The maximum absolute atomic E-state index is 13.6. The number of rotatable bonds is 8. The average molecular weight is 546 g/mol. The van der Waals surface area contributed by atoms with Crippen LogP contribution in [0.5, 0.6) is 17.4 Å². The fourth-order valence-corrected chi connectivity index (χ4v) is 5.21. The van der Waals surface area contributed by atoms with E-state index in [1.54, 1.807) is 29.2 Å². The molecule has 2 aromatic carbocycles. The fourth-order valence-electron chi connectivity index (χ4n) is 3.90. The van der Waals surface area contributed by atoms with Crippen molar-refractivity contribution >= 4 is 26.8 Å². The lowest BCUT2D eigenvalue weighted by molar-refractivity contribution is 0.373. The molecule has 0 aliphatic rings. The van der Waals surface area contributed by atoms with E-state index < -0.39 is 10.0 Å². The molecule has 3 aromatic heterocycles. The molecule has 0 aliphatic heterocycles. The van der Waals surface area contributed by atoms with Crippen molar-refractivity contribution in [2.45, 2.75) is 11.4 Å². The summed E-state index contributed by atoms with van der Waals surface area (Å²) in [5.41, 5.74) is 2.19. The highest BCUT2D eigenvalue weighted by atomic mass is 32.2. The number of benzene rings is 2. The Hall–Kier alpha value is -5.02. The monoisotopic (exact) mass is 545 g/mol. The molecule has 0 saturated heterocycles. The van der Waals surface area contributed by atoms with Gasteiger partial charge < -0.3 is 18.7 Å². The van der Waals surface area contributed by atoms with Crippen LogP contribution >= 0.6 is 0 Å². The molecule has 5 rings (SSSR count). The van der Waals surface area contributed by atoms with Crippen molar-refractivity contribution in [3.8, 4) is 29.2 Å². The van der Waals surface area contributed by atoms with Crippen LogP contribution in [0.25, 0.3) is 11.0 Å². The third-order valence-corrected chi connectivity index (χ3v) is 7.04. The second-order valence-corrected chi connectivity index (χ2v) is 9.78. The van der Waals surface area contributed by atoms with Crippen LogP contribution in [0.1, 0.15) is 16.8 Å². The molecule has 0 radical (unpaired) electrons. The highest BCUT2D eigenvalue weighted by Gasteiger charge is 2.29. The van der Waals surface area contributed by atoms with Crippen LogP contribution in [0.2, 0.25) is 0 Å². The predicted octanol–water partition coefficient (Wildman–Crippen LogP) is 3.69. The summed E-state index contributed by atoms with van der Waals surface area (Å²) in [4.78, 5) is 4.25. The molecule has 0 spiro atoms. The zero-order valence-corrected chi connectivity index (χ0v) is 22.0. The van der Waals surface area contributed by atoms with Gasteiger partial charge in [-0.3, -0.25) is 9.40 Å². The molecular formula is C27H23N5O6S. The summed E-state index contributed by atoms with van der Waals surface area (Å²) in [6.45, 7) is 0.356. The van der Waals surface area contributed by atoms with Crippen molar-refractivity contribution in [2.24, 2.45) is 0 Å². The fraction of sp³-hybridized carbons (Fsp3) is 0.148. The van der Waals surface area contributed by atoms with Gasteiger partial charge in [-0.15, -0.1) is 0 Å². The SMILES string of the molecule is COc1cc(C#Cc2ccccc2)cc(OC)c1S(=O)(=O)Nc1noc2cc(Cn3cccn3)nc(OC)c12. The number of sulfonamides is 1. The third-order valence-electron chi connectivity index (χ3n) is 5.64. The number of methoxy groups -OCH3 is 3. The molecule has 0 saturated carbocycles. The number of pyridine rings is 1. The van der Waals surface area contributed by atoms with Crippen molar-refractivity contribution in [1.82, 2.24) is 19.9 Å². The summed E-state index contributed by atoms with van der Waals surface area (Å²) in [5.74, 6) is 6.16. The number of fused-ring (bicyclic) bond motifs is 1. The first-order chi connectivity index (χ1) is 18.9. The van der Waals surface area contributed by atoms with Crippen LogP contribution in [0.3, 0.4) is 0 Å². The highest BCUT2D eigenvalue weighted by Crippen LogP contribution is 2.38. The Bertz CT molecular complexity index is 1760. The van der Waals surface area contributed by atoms with Crippen LogP contribution < -0.4 is 18.9 Å². The van der Waals surface area contributed by atoms with Gasteiger partial charge in [-0.05, 0) is 30.3 Å². The molecule has 0 atom stereocenters. The first-order valence-electron chi connectivity index (χ1n) is 11.6. The number of hydrogen-bond acceptors (Lipinski definition) is 9. The summed E-state index contributed by atoms with van der Waals surface area (Å²) >= 11 is 0. The van der Waals surface area contributed by atoms with E-state index in [-0.39, 0.29) is 39.1 Å². The summed E-state index contributed by atoms with van der Waals surface area (Å²) in [6.07, 6.45) is 3.44. The average Bonchev–Trinajstić information content (AvgIpc) is 3.61. The van der Waals surface area contributed by atoms with Crippen LogP contribution in [0, 0.1) is 11.8 Å². The van der Waals surface area contributed by atoms with E-state index in [2.05, 4.69) is 31.8 Å². The van der Waals surface area contributed by atoms with Crippen LogP contribution in [-0.2, 0) is 16.6 Å². The Morgan fingerprint density at radius 1 is 0.949 bits per heavy atom. The second-order valence-electron chi connectivity index (χ2n) is 8.16. The van der Waals surface area contributed by atoms with E-state index in [9.17, 15) is 8.42 Å². The first kappa shape index (κ1) is 25.6. The van der Waals surface area contributed by atoms with Crippen LogP contribution in [0.15, 0.2) is 76.4 Å². The molecular weight excluding hydrogens is 522 g/mol. The van der Waals surface area contributed by atoms with E-state index in [0.29, 0.717) is 17.8 Å². The number of ether oxygens (including phenoxy) is 3. The molecule has 0 amide bonds. The Morgan fingerprint density at radius 2 is 1.67 bits per heavy atom. The molecule has 5 aromatic rings. The van der Waals surface area contributed by atoms with Crippen LogP contribution in [0.4, 0.5) is 5.82 Å². The molecule has 0 fully saturated rings. The van der Waals surface area contributed by atoms with Crippen molar-refractivity contribution in [2.75, 3.05) is 26.1 Å². The van der Waals surface area contributed by atoms with Gasteiger partial charge in [0.15, 0.2) is 16.3 Å². The highest BCUT2D eigenvalue weighted by molar-refractivity contribution is 7.93. The topological polar surface area (TPSA) is 131 Å². The van der Waals surface area contributed by atoms with Crippen LogP contribution in [-0.4, -0.2) is 49.7 Å². The lowest BCUT2D eigenvalue weighted by Crippen LogP contribution is -2.16. The molecule has 0 unspecified atom stereocenters. The second kappa shape index (κ2) is 10.8. The largest absolute Gasteiger partial charge is 0.495 e. The van der Waals surface area contributed by atoms with Gasteiger partial charge in [-0.2, -0.15) is 5.10 Å². The van der Waals surface area contributed by atoms with Gasteiger partial charge in [0.25, 0.3) is 10.0 Å². The Labute approximate surface area is 224 Å². The Kier molecular flexibility index (Phi) is 7.07. The minimum Gasteiger partial charge on any atom is -0.495 e. The maximum Gasteiger partial charge on any atom is 0.270 e. The van der Waals surface area contributed by atoms with Gasteiger partial charge >= 0.3 is 0 Å². The Morgan fingerprint density at radius 3 is 2.31 bits per heavy atom. The molecule has 198 valence electrons. The number of hydrogen-bond donors (Lipinski definition) is 1. The lowest BCUT2D eigenvalue weighted by Gasteiger charge is -2.15. The van der Waals surface area contributed by atoms with Crippen molar-refractivity contribution in [1.29, 1.82) is 0 Å². The van der Waals surface area contributed by atoms with E-state index in [1.165, 1.54) is 33.5 Å². The molecule has 3 heterocycles. The maximum atomic E-state index is 13.6. The molecule has 0 bridgehead atoms. The van der Waals surface area contributed by atoms with Gasteiger partial charge in [0, 0.05) is 29.6 Å². The zero-order valence-electron chi connectivity index (χ0n) is 21.2. The normalized spacial score (nSPS) is 11.1. The summed E-state index contributed by atoms with van der Waals surface area (Å²) in [6, 6.07) is 15.9. The first-order valence-corrected chi connectivity index (χ1v) is 13.1. The third kappa shape index (κ3) is 5.34. The van der Waals surface area contributed by atoms with Crippen molar-refractivity contribution < 1.29 is 27.2 Å². The Balaban J connectivity index is 1.51. The number of anilines is 1. The van der Waals surface area contributed by atoms with E-state index >= 15 is 0 Å². The summed E-state index contributed by atoms with van der Waals surface area (Å²) in [7, 11) is -0.140. The van der Waals surface area contributed by atoms with E-state index in [4.69, 9.17) is 18.7 Å². The quantitative estimate of drug-likeness (QED) is 0.290. The molecule has 11 nitrogen and oxygen atoms in total. The number of nitrogens with zero attached hydrogens (tertiary/aromatic N) is 4.